The minimum atomic E-state index is -0.997. The average molecular weight is 306 g/mol. The largest absolute Gasteiger partial charge is 0.491 e. The summed E-state index contributed by atoms with van der Waals surface area (Å²) < 4.78 is 38.2. The fourth-order valence-electron chi connectivity index (χ4n) is 2.29. The summed E-state index contributed by atoms with van der Waals surface area (Å²) in [5.41, 5.74) is 1.30. The highest BCUT2D eigenvalue weighted by Gasteiger charge is 2.15. The Labute approximate surface area is 130 Å². The van der Waals surface area contributed by atoms with Crippen molar-refractivity contribution >= 4 is 0 Å². The topological polar surface area (TPSA) is 18.5 Å². The third-order valence-electron chi connectivity index (χ3n) is 3.41. The maximum Gasteiger partial charge on any atom is 0.201 e. The molecular formula is C18H20F2O2. The zero-order valence-electron chi connectivity index (χ0n) is 12.9. The van der Waals surface area contributed by atoms with Gasteiger partial charge in [0.1, 0.15) is 0 Å². The van der Waals surface area contributed by atoms with E-state index in [2.05, 4.69) is 18.8 Å². The average Bonchev–Trinajstić information content (AvgIpc) is 2.53. The van der Waals surface area contributed by atoms with E-state index in [1.165, 1.54) is 17.7 Å². The zero-order valence-corrected chi connectivity index (χ0v) is 12.9. The summed E-state index contributed by atoms with van der Waals surface area (Å²) in [6, 6.07) is 2.82. The van der Waals surface area contributed by atoms with Gasteiger partial charge in [-0.1, -0.05) is 25.2 Å². The molecule has 0 amide bonds. The summed E-state index contributed by atoms with van der Waals surface area (Å²) in [4.78, 5) is 0. The summed E-state index contributed by atoms with van der Waals surface area (Å²) >= 11 is 0. The van der Waals surface area contributed by atoms with E-state index < -0.39 is 11.6 Å². The number of rotatable bonds is 4. The van der Waals surface area contributed by atoms with Crippen molar-refractivity contribution in [1.29, 1.82) is 0 Å². The van der Waals surface area contributed by atoms with E-state index in [0.717, 1.165) is 25.7 Å². The Hall–Kier alpha value is -2.02. The molecule has 1 aromatic carbocycles. The molecule has 4 heteroatoms. The van der Waals surface area contributed by atoms with E-state index in [1.54, 1.807) is 13.2 Å². The number of allylic oxidation sites excluding steroid dienone is 1. The van der Waals surface area contributed by atoms with E-state index >= 15 is 0 Å². The maximum absolute atomic E-state index is 13.9. The van der Waals surface area contributed by atoms with Gasteiger partial charge >= 0.3 is 0 Å². The molecule has 0 bridgehead atoms. The van der Waals surface area contributed by atoms with Crippen LogP contribution in [0.2, 0.25) is 0 Å². The molecule has 0 radical (unpaired) electrons. The first kappa shape index (κ1) is 16.4. The minimum absolute atomic E-state index is 0.0212. The minimum Gasteiger partial charge on any atom is -0.491 e. The summed E-state index contributed by atoms with van der Waals surface area (Å²) in [5.74, 6) is 3.46. The molecular weight excluding hydrogens is 286 g/mol. The zero-order chi connectivity index (χ0) is 15.9. The van der Waals surface area contributed by atoms with Crippen LogP contribution in [-0.2, 0) is 4.74 Å². The number of halogens is 2. The van der Waals surface area contributed by atoms with Gasteiger partial charge in [-0.2, -0.15) is 4.39 Å². The lowest BCUT2D eigenvalue weighted by atomic mass is 10.0. The lowest BCUT2D eigenvalue weighted by Crippen LogP contribution is -2.12. The van der Waals surface area contributed by atoms with E-state index in [1.807, 2.05) is 0 Å². The van der Waals surface area contributed by atoms with Gasteiger partial charge in [0.05, 0.1) is 18.4 Å². The number of benzene rings is 1. The fourth-order valence-corrected chi connectivity index (χ4v) is 2.29. The van der Waals surface area contributed by atoms with Gasteiger partial charge in [0, 0.05) is 0 Å². The highest BCUT2D eigenvalue weighted by Crippen LogP contribution is 2.23. The van der Waals surface area contributed by atoms with E-state index in [4.69, 9.17) is 9.47 Å². The molecule has 1 atom stereocenters. The van der Waals surface area contributed by atoms with Crippen molar-refractivity contribution in [1.82, 2.24) is 0 Å². The van der Waals surface area contributed by atoms with Gasteiger partial charge in [-0.3, -0.25) is 0 Å². The van der Waals surface area contributed by atoms with Crippen LogP contribution in [0.25, 0.3) is 0 Å². The summed E-state index contributed by atoms with van der Waals surface area (Å²) in [5, 5.41) is 0. The molecule has 22 heavy (non-hydrogen) atoms. The van der Waals surface area contributed by atoms with E-state index in [-0.39, 0.29) is 24.0 Å². The molecule has 2 rings (SSSR count). The van der Waals surface area contributed by atoms with Crippen LogP contribution >= 0.6 is 0 Å². The van der Waals surface area contributed by atoms with Crippen LogP contribution in [-0.4, -0.2) is 12.7 Å². The van der Waals surface area contributed by atoms with Crippen molar-refractivity contribution in [2.45, 2.75) is 45.6 Å². The van der Waals surface area contributed by atoms with Crippen LogP contribution < -0.4 is 4.74 Å². The quantitative estimate of drug-likeness (QED) is 0.758. The van der Waals surface area contributed by atoms with Gasteiger partial charge in [0.25, 0.3) is 0 Å². The van der Waals surface area contributed by atoms with Crippen LogP contribution in [0.4, 0.5) is 8.78 Å². The maximum atomic E-state index is 13.9. The van der Waals surface area contributed by atoms with Gasteiger partial charge < -0.3 is 9.47 Å². The van der Waals surface area contributed by atoms with Crippen molar-refractivity contribution in [3.8, 4) is 17.6 Å². The molecule has 0 aliphatic carbocycles. The molecule has 0 N–H and O–H groups in total. The monoisotopic (exact) mass is 306 g/mol. The van der Waals surface area contributed by atoms with Crippen LogP contribution in [0, 0.1) is 23.5 Å². The normalized spacial score (nSPS) is 17.1. The van der Waals surface area contributed by atoms with Crippen molar-refractivity contribution in [2.75, 3.05) is 6.61 Å². The molecule has 1 unspecified atom stereocenters. The molecule has 2 nitrogen and oxygen atoms in total. The standard InChI is InChI=1S/C18H20F2O2/c1-3-5-13-6-9-15(22-12-13)10-7-14-8-11-16(21-4-2)18(20)17(14)19/h8,11-12,15H,3-6,9H2,1-2H3. The lowest BCUT2D eigenvalue weighted by Gasteiger charge is -2.18. The molecule has 1 aliphatic heterocycles. The molecule has 0 spiro atoms. The second kappa shape index (κ2) is 7.84. The highest BCUT2D eigenvalue weighted by molar-refractivity contribution is 5.41. The summed E-state index contributed by atoms with van der Waals surface area (Å²) in [6.45, 7) is 4.12. The van der Waals surface area contributed by atoms with Crippen molar-refractivity contribution in [2.24, 2.45) is 0 Å². The number of hydrogen-bond acceptors (Lipinski definition) is 2. The van der Waals surface area contributed by atoms with Gasteiger partial charge in [0.15, 0.2) is 17.7 Å². The van der Waals surface area contributed by atoms with Crippen LogP contribution in [0.1, 0.15) is 45.1 Å². The first-order valence-electron chi connectivity index (χ1n) is 7.61. The summed E-state index contributed by atoms with van der Waals surface area (Å²) in [7, 11) is 0. The Bertz CT molecular complexity index is 611. The molecule has 1 aromatic rings. The second-order valence-corrected chi connectivity index (χ2v) is 5.13. The molecule has 0 fully saturated rings. The van der Waals surface area contributed by atoms with Gasteiger partial charge in [-0.05, 0) is 43.9 Å². The Morgan fingerprint density at radius 3 is 2.73 bits per heavy atom. The Balaban J connectivity index is 2.08. The molecule has 0 saturated carbocycles. The van der Waals surface area contributed by atoms with Crippen molar-refractivity contribution in [3.63, 3.8) is 0 Å². The number of ether oxygens (including phenoxy) is 2. The fraction of sp³-hybridized carbons (Fsp3) is 0.444. The second-order valence-electron chi connectivity index (χ2n) is 5.13. The molecule has 118 valence electrons. The molecule has 0 saturated heterocycles. The van der Waals surface area contributed by atoms with Gasteiger partial charge in [-0.25, -0.2) is 4.39 Å². The van der Waals surface area contributed by atoms with Crippen molar-refractivity contribution in [3.05, 3.63) is 41.2 Å². The van der Waals surface area contributed by atoms with Gasteiger partial charge in [-0.15, -0.1) is 0 Å². The third-order valence-corrected chi connectivity index (χ3v) is 3.41. The van der Waals surface area contributed by atoms with E-state index in [9.17, 15) is 8.78 Å². The Morgan fingerprint density at radius 2 is 2.09 bits per heavy atom. The van der Waals surface area contributed by atoms with E-state index in [0.29, 0.717) is 0 Å². The summed E-state index contributed by atoms with van der Waals surface area (Å²) in [6.07, 6.45) is 5.31. The van der Waals surface area contributed by atoms with Gasteiger partial charge in [0.2, 0.25) is 5.82 Å². The predicted molar refractivity (Wildman–Crippen MR) is 81.5 cm³/mol. The predicted octanol–water partition coefficient (Wildman–Crippen LogP) is 4.58. The highest BCUT2D eigenvalue weighted by atomic mass is 19.2. The van der Waals surface area contributed by atoms with Crippen LogP contribution in [0.15, 0.2) is 24.0 Å². The first-order chi connectivity index (χ1) is 10.7. The number of hydrogen-bond donors (Lipinski definition) is 0. The molecule has 1 heterocycles. The Morgan fingerprint density at radius 1 is 1.27 bits per heavy atom. The SMILES string of the molecule is CCCC1=COC(C#Cc2ccc(OCC)c(F)c2F)CC1. The molecule has 1 aliphatic rings. The third kappa shape index (κ3) is 4.00. The molecule has 0 aromatic heterocycles. The first-order valence-corrected chi connectivity index (χ1v) is 7.61. The van der Waals surface area contributed by atoms with Crippen molar-refractivity contribution < 1.29 is 18.3 Å². The van der Waals surface area contributed by atoms with Crippen LogP contribution in [0.3, 0.4) is 0 Å². The Kier molecular flexibility index (Phi) is 5.83. The lowest BCUT2D eigenvalue weighted by molar-refractivity contribution is 0.166. The van der Waals surface area contributed by atoms with Crippen LogP contribution in [0.5, 0.6) is 5.75 Å². The smallest absolute Gasteiger partial charge is 0.201 e.